The van der Waals surface area contributed by atoms with Crippen LogP contribution >= 0.6 is 0 Å². The molecular weight excluding hydrogens is 316 g/mol. The summed E-state index contributed by atoms with van der Waals surface area (Å²) < 4.78 is 5.96. The summed E-state index contributed by atoms with van der Waals surface area (Å²) in [5.41, 5.74) is 2.60. The maximum Gasteiger partial charge on any atom is 0.308 e. The number of quaternary nitrogens is 1. The van der Waals surface area contributed by atoms with Gasteiger partial charge in [-0.3, -0.25) is 9.59 Å². The zero-order chi connectivity index (χ0) is 19.0. The smallest absolute Gasteiger partial charge is 0.308 e. The highest BCUT2D eigenvalue weighted by atomic mass is 16.5. The van der Waals surface area contributed by atoms with Crippen molar-refractivity contribution in [2.75, 3.05) is 31.5 Å². The fraction of sp³-hybridized carbons (Fsp3) is 0.600. The van der Waals surface area contributed by atoms with Crippen molar-refractivity contribution in [2.45, 2.75) is 54.4 Å². The number of nitrogens with one attached hydrogen (secondary N) is 1. The van der Waals surface area contributed by atoms with Crippen LogP contribution in [0.4, 0.5) is 5.69 Å². The van der Waals surface area contributed by atoms with Gasteiger partial charge in [0.1, 0.15) is 5.75 Å². The fourth-order valence-corrected chi connectivity index (χ4v) is 3.48. The first-order valence-electron chi connectivity index (χ1n) is 9.21. The summed E-state index contributed by atoms with van der Waals surface area (Å²) in [6.07, 6.45) is 2.13. The van der Waals surface area contributed by atoms with Gasteiger partial charge in [-0.05, 0) is 56.9 Å². The van der Waals surface area contributed by atoms with E-state index < -0.39 is 0 Å². The summed E-state index contributed by atoms with van der Waals surface area (Å²) >= 11 is 0. The number of ether oxygens (including phenoxy) is 1. The second-order valence-electron chi connectivity index (χ2n) is 6.84. The molecule has 5 heteroatoms. The zero-order valence-corrected chi connectivity index (χ0v) is 16.6. The number of amides is 1. The van der Waals surface area contributed by atoms with Crippen LogP contribution in [-0.4, -0.2) is 42.5 Å². The Morgan fingerprint density at radius 2 is 1.56 bits per heavy atom. The molecular formula is C20H33N2O3+. The van der Waals surface area contributed by atoms with Crippen molar-refractivity contribution in [1.82, 2.24) is 0 Å². The van der Waals surface area contributed by atoms with E-state index in [1.165, 1.54) is 6.92 Å². The van der Waals surface area contributed by atoms with Crippen LogP contribution in [0.15, 0.2) is 12.1 Å². The molecule has 1 rings (SSSR count). The van der Waals surface area contributed by atoms with Crippen molar-refractivity contribution in [3.63, 3.8) is 0 Å². The molecule has 0 saturated carbocycles. The average Bonchev–Trinajstić information content (AvgIpc) is 2.50. The Balaban J connectivity index is 2.93. The average molecular weight is 349 g/mol. The standard InChI is InChI=1S/C20H32N2O3/c1-7-10-22(9-3,11-8-2)14-19(24)21-20-15(4)12-18(13-16(20)5)25-17(6)23/h12-13H,7-11,14H2,1-6H3/p+1. The van der Waals surface area contributed by atoms with Crippen LogP contribution in [0.5, 0.6) is 5.75 Å². The first-order valence-corrected chi connectivity index (χ1v) is 9.21. The van der Waals surface area contributed by atoms with Gasteiger partial charge in [0, 0.05) is 12.6 Å². The van der Waals surface area contributed by atoms with Gasteiger partial charge in [0.15, 0.2) is 6.54 Å². The van der Waals surface area contributed by atoms with Crippen molar-refractivity contribution in [3.8, 4) is 5.75 Å². The summed E-state index contributed by atoms with van der Waals surface area (Å²) in [5.74, 6) is 0.200. The molecule has 0 bridgehead atoms. The van der Waals surface area contributed by atoms with Gasteiger partial charge in [-0.2, -0.15) is 0 Å². The summed E-state index contributed by atoms with van der Waals surface area (Å²) in [7, 11) is 0. The lowest BCUT2D eigenvalue weighted by Gasteiger charge is -2.37. The van der Waals surface area contributed by atoms with Crippen LogP contribution in [0.1, 0.15) is 51.7 Å². The molecule has 1 N–H and O–H groups in total. The number of carbonyl (C=O) groups is 2. The molecule has 0 saturated heterocycles. The van der Waals surface area contributed by atoms with Crippen molar-refractivity contribution in [3.05, 3.63) is 23.3 Å². The topological polar surface area (TPSA) is 55.4 Å². The van der Waals surface area contributed by atoms with Crippen LogP contribution in [0, 0.1) is 13.8 Å². The first kappa shape index (κ1) is 21.2. The second kappa shape index (κ2) is 9.56. The number of benzene rings is 1. The number of hydrogen-bond acceptors (Lipinski definition) is 3. The summed E-state index contributed by atoms with van der Waals surface area (Å²) in [4.78, 5) is 23.8. The molecule has 0 spiro atoms. The number of nitrogens with zero attached hydrogens (tertiary/aromatic N) is 1. The van der Waals surface area contributed by atoms with E-state index in [4.69, 9.17) is 4.74 Å². The van der Waals surface area contributed by atoms with E-state index in [2.05, 4.69) is 26.1 Å². The monoisotopic (exact) mass is 349 g/mol. The van der Waals surface area contributed by atoms with E-state index in [-0.39, 0.29) is 11.9 Å². The van der Waals surface area contributed by atoms with Crippen molar-refractivity contribution in [1.29, 1.82) is 0 Å². The van der Waals surface area contributed by atoms with Gasteiger partial charge in [0.05, 0.1) is 19.6 Å². The molecule has 0 heterocycles. The maximum absolute atomic E-state index is 12.7. The molecule has 5 nitrogen and oxygen atoms in total. The lowest BCUT2D eigenvalue weighted by molar-refractivity contribution is -0.919. The minimum Gasteiger partial charge on any atom is -0.427 e. The number of carbonyl (C=O) groups excluding carboxylic acids is 2. The summed E-state index contributed by atoms with van der Waals surface area (Å²) in [5, 5.41) is 3.07. The van der Waals surface area contributed by atoms with Crippen LogP contribution < -0.4 is 10.1 Å². The van der Waals surface area contributed by atoms with Gasteiger partial charge in [-0.25, -0.2) is 0 Å². The highest BCUT2D eigenvalue weighted by Gasteiger charge is 2.27. The van der Waals surface area contributed by atoms with E-state index in [1.807, 2.05) is 13.8 Å². The molecule has 0 aliphatic rings. The van der Waals surface area contributed by atoms with E-state index in [0.29, 0.717) is 12.3 Å². The van der Waals surface area contributed by atoms with Crippen molar-refractivity contribution >= 4 is 17.6 Å². The molecule has 140 valence electrons. The second-order valence-corrected chi connectivity index (χ2v) is 6.84. The van der Waals surface area contributed by atoms with Gasteiger partial charge >= 0.3 is 5.97 Å². The predicted octanol–water partition coefficient (Wildman–Crippen LogP) is 3.82. The number of likely N-dealkylation sites (N-methyl/N-ethyl adjacent to an activating group) is 1. The largest absolute Gasteiger partial charge is 0.427 e. The highest BCUT2D eigenvalue weighted by Crippen LogP contribution is 2.26. The SMILES string of the molecule is CCC[N+](CC)(CCC)CC(=O)Nc1c(C)cc(OC(C)=O)cc1C. The third-order valence-corrected chi connectivity index (χ3v) is 4.58. The number of hydrogen-bond donors (Lipinski definition) is 1. The van der Waals surface area contributed by atoms with Crippen molar-refractivity contribution in [2.24, 2.45) is 0 Å². The minimum atomic E-state index is -0.347. The normalized spacial score (nSPS) is 11.3. The third-order valence-electron chi connectivity index (χ3n) is 4.58. The van der Waals surface area contributed by atoms with E-state index in [0.717, 1.165) is 53.8 Å². The zero-order valence-electron chi connectivity index (χ0n) is 16.6. The van der Waals surface area contributed by atoms with Crippen LogP contribution in [0.25, 0.3) is 0 Å². The molecule has 0 aromatic heterocycles. The maximum atomic E-state index is 12.7. The number of rotatable bonds is 9. The Hall–Kier alpha value is -1.88. The summed E-state index contributed by atoms with van der Waals surface area (Å²) in [6, 6.07) is 3.56. The predicted molar refractivity (Wildman–Crippen MR) is 102 cm³/mol. The molecule has 25 heavy (non-hydrogen) atoms. The number of esters is 1. The van der Waals surface area contributed by atoms with Gasteiger partial charge in [-0.15, -0.1) is 0 Å². The number of aryl methyl sites for hydroxylation is 2. The summed E-state index contributed by atoms with van der Waals surface area (Å²) in [6.45, 7) is 15.2. The number of anilines is 1. The van der Waals surface area contributed by atoms with E-state index in [9.17, 15) is 9.59 Å². The van der Waals surface area contributed by atoms with E-state index >= 15 is 0 Å². The van der Waals surface area contributed by atoms with Crippen LogP contribution in [0.3, 0.4) is 0 Å². The lowest BCUT2D eigenvalue weighted by Crippen LogP contribution is -2.53. The molecule has 1 aromatic carbocycles. The molecule has 0 fully saturated rings. The molecule has 0 unspecified atom stereocenters. The molecule has 1 amide bonds. The Morgan fingerprint density at radius 1 is 1.04 bits per heavy atom. The van der Waals surface area contributed by atoms with Crippen LogP contribution in [0.2, 0.25) is 0 Å². The Labute approximate surface area is 151 Å². The van der Waals surface area contributed by atoms with Gasteiger partial charge in [0.25, 0.3) is 5.91 Å². The molecule has 0 atom stereocenters. The lowest BCUT2D eigenvalue weighted by atomic mass is 10.1. The highest BCUT2D eigenvalue weighted by molar-refractivity contribution is 5.93. The molecule has 0 aliphatic heterocycles. The Morgan fingerprint density at radius 3 is 1.96 bits per heavy atom. The Bertz CT molecular complexity index is 582. The fourth-order valence-electron chi connectivity index (χ4n) is 3.48. The van der Waals surface area contributed by atoms with Gasteiger partial charge in [0.2, 0.25) is 0 Å². The quantitative estimate of drug-likeness (QED) is 0.419. The Kier molecular flexibility index (Phi) is 8.10. The first-order chi connectivity index (χ1) is 11.8. The van der Waals surface area contributed by atoms with Crippen LogP contribution in [-0.2, 0) is 9.59 Å². The minimum absolute atomic E-state index is 0.0372. The van der Waals surface area contributed by atoms with Crippen molar-refractivity contribution < 1.29 is 18.8 Å². The third kappa shape index (κ3) is 6.16. The molecule has 0 aliphatic carbocycles. The van der Waals surface area contributed by atoms with Gasteiger partial charge in [-0.1, -0.05) is 13.8 Å². The molecule has 0 radical (unpaired) electrons. The molecule has 1 aromatic rings. The van der Waals surface area contributed by atoms with Gasteiger partial charge < -0.3 is 14.5 Å². The van der Waals surface area contributed by atoms with E-state index in [1.54, 1.807) is 12.1 Å².